The normalized spacial score (nSPS) is 21.9. The molecule has 5 aromatic rings. The van der Waals surface area contributed by atoms with Crippen molar-refractivity contribution in [2.45, 2.75) is 82.8 Å². The lowest BCUT2D eigenvalue weighted by molar-refractivity contribution is -0.137. The number of halogens is 3. The minimum atomic E-state index is -4.66. The number of aromatic nitrogens is 5. The first kappa shape index (κ1) is 46.8. The summed E-state index contributed by atoms with van der Waals surface area (Å²) in [6, 6.07) is 13.8. The monoisotopic (exact) mass is 951 g/mol. The smallest absolute Gasteiger partial charge is 0.376 e. The number of ether oxygens (including phenoxy) is 1. The van der Waals surface area contributed by atoms with E-state index in [0.29, 0.717) is 48.8 Å². The minimum Gasteiger partial charge on any atom is -0.376 e. The number of carbonyl (C=O) groups excluding carboxylic acids is 3. The number of amides is 3. The topological polar surface area (TPSA) is 146 Å². The molecule has 0 radical (unpaired) electrons. The number of imide groups is 1. The van der Waals surface area contributed by atoms with Crippen molar-refractivity contribution in [3.05, 3.63) is 111 Å². The highest BCUT2D eigenvalue weighted by molar-refractivity contribution is 6.05. The molecular formula is C50H60F3N11O5. The molecule has 2 aromatic carbocycles. The first-order valence-electron chi connectivity index (χ1n) is 24.3. The molecule has 0 spiro atoms. The number of hydrogen-bond acceptors (Lipinski definition) is 11. The van der Waals surface area contributed by atoms with Crippen LogP contribution in [0.2, 0.25) is 0 Å². The average molecular weight is 952 g/mol. The number of carbonyl (C=O) groups is 3. The van der Waals surface area contributed by atoms with Crippen molar-refractivity contribution in [1.82, 2.24) is 48.6 Å². The van der Waals surface area contributed by atoms with Crippen LogP contribution >= 0.6 is 0 Å². The Labute approximate surface area is 398 Å². The number of rotatable bonds is 13. The van der Waals surface area contributed by atoms with Crippen LogP contribution < -0.4 is 15.9 Å². The number of likely N-dealkylation sites (tertiary alicyclic amines) is 2. The Morgan fingerprint density at radius 2 is 1.68 bits per heavy atom. The summed E-state index contributed by atoms with van der Waals surface area (Å²) in [5, 5.41) is 10.5. The molecule has 3 atom stereocenters. The standard InChI is InChI=1S/C50H60F3N11O5/c1-33(46-56-54-32-57(46)2)36-5-3-6-39(24-36)62-31-44-42(50(51,52)53)23-35(28-64(44)49(62)68)27-60-14-4-7-40(30-60)69-22-21-58-15-12-34(13-16-58)26-59-17-19-61(20-18-59)38-8-9-41-37(25-38)29-63(48(41)67)43-10-11-45(65)55-47(43)66/h3,5-6,8-9,23-25,28,31-34,40,43H,4,7,10-22,26-27,29-30H2,1-2H3,(H,55,65,66)/t33-,40+,43-/m1/s1. The van der Waals surface area contributed by atoms with Gasteiger partial charge in [0.25, 0.3) is 5.91 Å². The first-order chi connectivity index (χ1) is 33.2. The van der Waals surface area contributed by atoms with E-state index < -0.39 is 29.4 Å². The quantitative estimate of drug-likeness (QED) is 0.165. The number of hydrogen-bond donors (Lipinski definition) is 1. The van der Waals surface area contributed by atoms with Crippen molar-refractivity contribution in [3.8, 4) is 5.69 Å². The van der Waals surface area contributed by atoms with Crippen molar-refractivity contribution in [3.63, 3.8) is 0 Å². The van der Waals surface area contributed by atoms with Gasteiger partial charge in [-0.15, -0.1) is 10.2 Å². The van der Waals surface area contributed by atoms with Gasteiger partial charge in [0.15, 0.2) is 0 Å². The molecule has 0 aliphatic carbocycles. The van der Waals surface area contributed by atoms with E-state index in [2.05, 4.69) is 41.2 Å². The highest BCUT2D eigenvalue weighted by atomic mass is 19.4. The average Bonchev–Trinajstić information content (AvgIpc) is 4.02. The van der Waals surface area contributed by atoms with E-state index in [1.165, 1.54) is 16.8 Å². The van der Waals surface area contributed by atoms with Crippen molar-refractivity contribution >= 4 is 28.9 Å². The molecule has 0 bridgehead atoms. The second kappa shape index (κ2) is 19.5. The van der Waals surface area contributed by atoms with Crippen molar-refractivity contribution in [2.24, 2.45) is 13.0 Å². The Morgan fingerprint density at radius 1 is 0.870 bits per heavy atom. The number of fused-ring (bicyclic) bond motifs is 2. The van der Waals surface area contributed by atoms with Gasteiger partial charge in [-0.3, -0.25) is 38.5 Å². The molecule has 69 heavy (non-hydrogen) atoms. The summed E-state index contributed by atoms with van der Waals surface area (Å²) >= 11 is 0. The molecule has 8 heterocycles. The summed E-state index contributed by atoms with van der Waals surface area (Å²) in [5.74, 6) is 0.365. The third-order valence-electron chi connectivity index (χ3n) is 15.0. The maximum absolute atomic E-state index is 14.6. The molecule has 366 valence electrons. The predicted octanol–water partition coefficient (Wildman–Crippen LogP) is 4.67. The van der Waals surface area contributed by atoms with E-state index in [-0.39, 0.29) is 42.3 Å². The van der Waals surface area contributed by atoms with Gasteiger partial charge in [-0.05, 0) is 111 Å². The summed E-state index contributed by atoms with van der Waals surface area (Å²) in [6.07, 6.45) is 4.37. The van der Waals surface area contributed by atoms with E-state index in [9.17, 15) is 32.3 Å². The number of nitrogens with zero attached hydrogens (tertiary/aromatic N) is 10. The fourth-order valence-electron chi connectivity index (χ4n) is 11.1. The van der Waals surface area contributed by atoms with Gasteiger partial charge in [0.1, 0.15) is 18.2 Å². The molecule has 19 heteroatoms. The SMILES string of the molecule is C[C@H](c1cccc(-n2cc3c(C(F)(F)F)cc(CN4CCC[C@H](OCCN5CCC(CN6CCN(c7ccc8c(c7)CN([C@@H]7CCC(=O)NC7=O)C8=O)CC6)CC5)C4)cn3c2=O)c1)c1nncn1C. The van der Waals surface area contributed by atoms with Crippen LogP contribution in [0.5, 0.6) is 0 Å². The van der Waals surface area contributed by atoms with Crippen LogP contribution in [0.3, 0.4) is 0 Å². The van der Waals surface area contributed by atoms with Gasteiger partial charge in [0, 0.05) is 102 Å². The zero-order valence-electron chi connectivity index (χ0n) is 39.2. The summed E-state index contributed by atoms with van der Waals surface area (Å²) in [4.78, 5) is 62.3. The molecule has 4 fully saturated rings. The maximum atomic E-state index is 14.6. The molecule has 0 unspecified atom stereocenters. The van der Waals surface area contributed by atoms with Crippen LogP contribution in [0.1, 0.15) is 89.8 Å². The van der Waals surface area contributed by atoms with Gasteiger partial charge >= 0.3 is 11.9 Å². The second-order valence-electron chi connectivity index (χ2n) is 19.6. The lowest BCUT2D eigenvalue weighted by Gasteiger charge is -2.40. The third-order valence-corrected chi connectivity index (χ3v) is 15.0. The summed E-state index contributed by atoms with van der Waals surface area (Å²) in [7, 11) is 1.85. The van der Waals surface area contributed by atoms with Crippen molar-refractivity contribution in [2.75, 3.05) is 77.0 Å². The van der Waals surface area contributed by atoms with Gasteiger partial charge < -0.3 is 24.0 Å². The summed E-state index contributed by atoms with van der Waals surface area (Å²) in [5.41, 5.74) is 2.79. The van der Waals surface area contributed by atoms with Gasteiger partial charge in [0.05, 0.1) is 29.5 Å². The predicted molar refractivity (Wildman–Crippen MR) is 251 cm³/mol. The third kappa shape index (κ3) is 9.96. The molecule has 16 nitrogen and oxygen atoms in total. The van der Waals surface area contributed by atoms with Gasteiger partial charge in [-0.2, -0.15) is 13.2 Å². The number of imidazole rings is 1. The number of piperidine rings is 3. The zero-order chi connectivity index (χ0) is 48.0. The molecular weight excluding hydrogens is 892 g/mol. The fraction of sp³-hybridized carbons (Fsp3) is 0.520. The summed E-state index contributed by atoms with van der Waals surface area (Å²) < 4.78 is 54.5. The van der Waals surface area contributed by atoms with Gasteiger partial charge in [-0.1, -0.05) is 19.1 Å². The molecule has 3 amide bonds. The summed E-state index contributed by atoms with van der Waals surface area (Å²) in [6.45, 7) is 12.3. The van der Waals surface area contributed by atoms with Gasteiger partial charge in [-0.25, -0.2) is 4.79 Å². The van der Waals surface area contributed by atoms with Crippen LogP contribution in [-0.4, -0.2) is 145 Å². The van der Waals surface area contributed by atoms with Crippen molar-refractivity contribution < 1.29 is 32.3 Å². The Morgan fingerprint density at radius 3 is 2.43 bits per heavy atom. The fourth-order valence-corrected chi connectivity index (χ4v) is 11.1. The molecule has 3 aromatic heterocycles. The highest BCUT2D eigenvalue weighted by Gasteiger charge is 2.40. The van der Waals surface area contributed by atoms with Gasteiger partial charge in [0.2, 0.25) is 11.8 Å². The molecule has 0 saturated carbocycles. The number of alkyl halides is 3. The lowest BCUT2D eigenvalue weighted by Crippen LogP contribution is -2.52. The molecule has 5 aliphatic heterocycles. The number of anilines is 1. The number of nitrogens with one attached hydrogen (secondary N) is 1. The van der Waals surface area contributed by atoms with E-state index in [1.807, 2.05) is 42.8 Å². The number of pyridine rings is 1. The molecule has 10 rings (SSSR count). The number of piperazine rings is 1. The second-order valence-corrected chi connectivity index (χ2v) is 19.6. The first-order valence-corrected chi connectivity index (χ1v) is 24.3. The van der Waals surface area contributed by atoms with E-state index in [1.54, 1.807) is 29.6 Å². The molecule has 5 aliphatic rings. The molecule has 4 saturated heterocycles. The van der Waals surface area contributed by atoms with Crippen LogP contribution in [-0.2, 0) is 40.6 Å². The lowest BCUT2D eigenvalue weighted by atomic mass is 9.96. The van der Waals surface area contributed by atoms with Crippen LogP contribution in [0.4, 0.5) is 18.9 Å². The minimum absolute atomic E-state index is 0.0207. The number of aryl methyl sites for hydroxylation is 1. The van der Waals surface area contributed by atoms with E-state index >= 15 is 0 Å². The Hall–Kier alpha value is -5.89. The molecule has 1 N–H and O–H groups in total. The van der Waals surface area contributed by atoms with Crippen LogP contribution in [0.15, 0.2) is 72.0 Å². The van der Waals surface area contributed by atoms with E-state index in [4.69, 9.17) is 4.74 Å². The van der Waals surface area contributed by atoms with Crippen LogP contribution in [0, 0.1) is 5.92 Å². The Balaban J connectivity index is 0.675. The Bertz CT molecular complexity index is 2770. The maximum Gasteiger partial charge on any atom is 0.418 e. The zero-order valence-corrected chi connectivity index (χ0v) is 39.2. The van der Waals surface area contributed by atoms with Crippen molar-refractivity contribution in [1.29, 1.82) is 0 Å². The van der Waals surface area contributed by atoms with Crippen LogP contribution in [0.25, 0.3) is 11.2 Å². The number of benzene rings is 2. The highest BCUT2D eigenvalue weighted by Crippen LogP contribution is 2.35. The van der Waals surface area contributed by atoms with E-state index in [0.717, 1.165) is 112 Å². The Kier molecular flexibility index (Phi) is 13.2. The largest absolute Gasteiger partial charge is 0.418 e.